The molecular formula is C17H21N5O5. The summed E-state index contributed by atoms with van der Waals surface area (Å²) in [7, 11) is 0. The first kappa shape index (κ1) is 18.8. The molecule has 144 valence electrons. The summed E-state index contributed by atoms with van der Waals surface area (Å²) in [5, 5.41) is 24.5. The van der Waals surface area contributed by atoms with E-state index < -0.39 is 9.96 Å². The molecule has 3 rings (SSSR count). The van der Waals surface area contributed by atoms with Crippen LogP contribution in [0.2, 0.25) is 0 Å². The van der Waals surface area contributed by atoms with E-state index in [4.69, 9.17) is 4.74 Å². The minimum absolute atomic E-state index is 0.0168. The van der Waals surface area contributed by atoms with Crippen LogP contribution in [0.3, 0.4) is 0 Å². The SMILES string of the molecule is CC1CC(CN2CCN(C=Cc3ccc([N+](=O)[O-])cc3)C2=N[N+](=O)[O-])CO1. The molecular weight excluding hydrogens is 354 g/mol. The Labute approximate surface area is 156 Å². The predicted molar refractivity (Wildman–Crippen MR) is 98.4 cm³/mol. The Hall–Kier alpha value is -3.01. The van der Waals surface area contributed by atoms with Crippen molar-refractivity contribution in [3.8, 4) is 0 Å². The third-order valence-corrected chi connectivity index (χ3v) is 4.63. The molecule has 0 aliphatic carbocycles. The Bertz CT molecular complexity index is 763. The zero-order valence-corrected chi connectivity index (χ0v) is 14.9. The van der Waals surface area contributed by atoms with E-state index >= 15 is 0 Å². The lowest BCUT2D eigenvalue weighted by molar-refractivity contribution is -0.486. The van der Waals surface area contributed by atoms with E-state index in [-0.39, 0.29) is 11.8 Å². The Morgan fingerprint density at radius 2 is 2.00 bits per heavy atom. The van der Waals surface area contributed by atoms with Crippen LogP contribution in [0, 0.1) is 26.1 Å². The number of nitrogens with zero attached hydrogens (tertiary/aromatic N) is 5. The van der Waals surface area contributed by atoms with Gasteiger partial charge in [-0.3, -0.25) is 10.1 Å². The zero-order chi connectivity index (χ0) is 19.4. The first-order valence-electron chi connectivity index (χ1n) is 8.71. The fraction of sp³-hybridized carbons (Fsp3) is 0.471. The number of hydrazone groups is 1. The quantitative estimate of drug-likeness (QED) is 0.553. The molecule has 0 bridgehead atoms. The molecule has 0 radical (unpaired) electrons. The standard InChI is InChI=1S/C17H21N5O5/c1-13-10-15(12-27-13)11-20-9-8-19(17(20)18-22(25)26)7-6-14-2-4-16(5-3-14)21(23)24/h2-7,13,15H,8-12H2,1H3. The van der Waals surface area contributed by atoms with E-state index in [1.54, 1.807) is 29.3 Å². The number of nitro benzene ring substituents is 1. The van der Waals surface area contributed by atoms with Crippen molar-refractivity contribution < 1.29 is 14.7 Å². The highest BCUT2D eigenvalue weighted by atomic mass is 16.7. The van der Waals surface area contributed by atoms with E-state index in [1.807, 2.05) is 11.8 Å². The lowest BCUT2D eigenvalue weighted by atomic mass is 10.1. The van der Waals surface area contributed by atoms with Crippen LogP contribution in [-0.2, 0) is 4.74 Å². The maximum absolute atomic E-state index is 11.0. The van der Waals surface area contributed by atoms with E-state index in [0.29, 0.717) is 38.1 Å². The maximum atomic E-state index is 11.0. The molecule has 10 nitrogen and oxygen atoms in total. The van der Waals surface area contributed by atoms with E-state index in [1.165, 1.54) is 12.1 Å². The summed E-state index contributed by atoms with van der Waals surface area (Å²) in [6.07, 6.45) is 4.62. The third-order valence-electron chi connectivity index (χ3n) is 4.63. The molecule has 0 saturated carbocycles. The molecule has 2 atom stereocenters. The fourth-order valence-corrected chi connectivity index (χ4v) is 3.35. The molecule has 10 heteroatoms. The zero-order valence-electron chi connectivity index (χ0n) is 14.9. The first-order chi connectivity index (χ1) is 12.9. The number of ether oxygens (including phenoxy) is 1. The van der Waals surface area contributed by atoms with Crippen LogP contribution in [0.15, 0.2) is 35.6 Å². The molecule has 2 unspecified atom stereocenters. The van der Waals surface area contributed by atoms with Gasteiger partial charge in [-0.15, -0.1) is 0 Å². The summed E-state index contributed by atoms with van der Waals surface area (Å²) < 4.78 is 5.57. The fourth-order valence-electron chi connectivity index (χ4n) is 3.35. The van der Waals surface area contributed by atoms with Crippen LogP contribution < -0.4 is 0 Å². The molecule has 27 heavy (non-hydrogen) atoms. The molecule has 0 aromatic heterocycles. The van der Waals surface area contributed by atoms with Crippen molar-refractivity contribution in [1.82, 2.24) is 9.80 Å². The summed E-state index contributed by atoms with van der Waals surface area (Å²) in [6, 6.07) is 6.10. The highest BCUT2D eigenvalue weighted by Gasteiger charge is 2.32. The van der Waals surface area contributed by atoms with Gasteiger partial charge in [-0.1, -0.05) is 0 Å². The first-order valence-corrected chi connectivity index (χ1v) is 8.71. The summed E-state index contributed by atoms with van der Waals surface area (Å²) in [4.78, 5) is 24.9. The summed E-state index contributed by atoms with van der Waals surface area (Å²) in [5.74, 6) is 0.633. The van der Waals surface area contributed by atoms with E-state index in [0.717, 1.165) is 12.0 Å². The van der Waals surface area contributed by atoms with Crippen LogP contribution in [0.4, 0.5) is 5.69 Å². The molecule has 0 amide bonds. The lowest BCUT2D eigenvalue weighted by Crippen LogP contribution is -2.35. The third kappa shape index (κ3) is 4.79. The normalized spacial score (nSPS) is 24.3. The second-order valence-electron chi connectivity index (χ2n) is 6.69. The van der Waals surface area contributed by atoms with Crippen molar-refractivity contribution in [2.24, 2.45) is 11.0 Å². The highest BCUT2D eigenvalue weighted by molar-refractivity contribution is 5.83. The predicted octanol–water partition coefficient (Wildman–Crippen LogP) is 2.16. The van der Waals surface area contributed by atoms with Crippen molar-refractivity contribution in [2.45, 2.75) is 19.4 Å². The maximum Gasteiger partial charge on any atom is 0.278 e. The van der Waals surface area contributed by atoms with Gasteiger partial charge in [0.2, 0.25) is 0 Å². The van der Waals surface area contributed by atoms with E-state index in [9.17, 15) is 20.2 Å². The minimum atomic E-state index is -0.686. The number of nitro groups is 2. The van der Waals surface area contributed by atoms with Gasteiger partial charge in [0.15, 0.2) is 5.03 Å². The minimum Gasteiger partial charge on any atom is -0.378 e. The lowest BCUT2D eigenvalue weighted by Gasteiger charge is -2.21. The van der Waals surface area contributed by atoms with Gasteiger partial charge in [0.25, 0.3) is 11.6 Å². The highest BCUT2D eigenvalue weighted by Crippen LogP contribution is 2.22. The van der Waals surface area contributed by atoms with Crippen LogP contribution >= 0.6 is 0 Å². The molecule has 2 aliphatic heterocycles. The average molecular weight is 375 g/mol. The van der Waals surface area contributed by atoms with Crippen molar-refractivity contribution in [2.75, 3.05) is 26.2 Å². The second kappa shape index (κ2) is 8.12. The summed E-state index contributed by atoms with van der Waals surface area (Å²) in [5.41, 5.74) is 0.778. The number of hydrogen-bond donors (Lipinski definition) is 0. The monoisotopic (exact) mass is 375 g/mol. The van der Waals surface area contributed by atoms with Gasteiger partial charge in [0.05, 0.1) is 17.6 Å². The molecule has 2 aliphatic rings. The Morgan fingerprint density at radius 3 is 2.59 bits per heavy atom. The van der Waals surface area contributed by atoms with Gasteiger partial charge in [0.1, 0.15) is 5.10 Å². The topological polar surface area (TPSA) is 114 Å². The molecule has 0 N–H and O–H groups in total. The second-order valence-corrected chi connectivity index (χ2v) is 6.69. The van der Waals surface area contributed by atoms with Gasteiger partial charge in [-0.05, 0) is 37.1 Å². The van der Waals surface area contributed by atoms with Crippen LogP contribution in [-0.4, -0.2) is 58.1 Å². The molecule has 2 saturated heterocycles. The van der Waals surface area contributed by atoms with Crippen molar-refractivity contribution in [3.05, 3.63) is 56.3 Å². The number of guanidine groups is 1. The number of rotatable bonds is 6. The van der Waals surface area contributed by atoms with Gasteiger partial charge >= 0.3 is 0 Å². The number of hydrogen-bond acceptors (Lipinski definition) is 5. The van der Waals surface area contributed by atoms with Gasteiger partial charge in [0, 0.05) is 43.9 Å². The van der Waals surface area contributed by atoms with Crippen LogP contribution in [0.25, 0.3) is 6.08 Å². The average Bonchev–Trinajstić information content (AvgIpc) is 3.20. The molecule has 1 aromatic rings. The van der Waals surface area contributed by atoms with Crippen LogP contribution in [0.5, 0.6) is 0 Å². The Morgan fingerprint density at radius 1 is 1.26 bits per heavy atom. The molecule has 1 aromatic carbocycles. The summed E-state index contributed by atoms with van der Waals surface area (Å²) >= 11 is 0. The smallest absolute Gasteiger partial charge is 0.278 e. The number of non-ortho nitro benzene ring substituents is 1. The van der Waals surface area contributed by atoms with E-state index in [2.05, 4.69) is 5.10 Å². The van der Waals surface area contributed by atoms with Crippen molar-refractivity contribution in [1.29, 1.82) is 0 Å². The van der Waals surface area contributed by atoms with Gasteiger partial charge in [-0.2, -0.15) is 0 Å². The Balaban J connectivity index is 1.70. The van der Waals surface area contributed by atoms with Gasteiger partial charge in [-0.25, -0.2) is 10.1 Å². The molecule has 2 fully saturated rings. The Kier molecular flexibility index (Phi) is 5.65. The van der Waals surface area contributed by atoms with Crippen LogP contribution in [0.1, 0.15) is 18.9 Å². The molecule has 0 spiro atoms. The van der Waals surface area contributed by atoms with Crippen molar-refractivity contribution in [3.63, 3.8) is 0 Å². The largest absolute Gasteiger partial charge is 0.378 e. The van der Waals surface area contributed by atoms with Gasteiger partial charge < -0.3 is 14.5 Å². The van der Waals surface area contributed by atoms with Crippen molar-refractivity contribution >= 4 is 17.7 Å². The summed E-state index contributed by atoms with van der Waals surface area (Å²) in [6.45, 7) is 4.57. The molecule has 2 heterocycles. The number of benzene rings is 1.